The van der Waals surface area contributed by atoms with Crippen LogP contribution in [0.1, 0.15) is 16.8 Å². The van der Waals surface area contributed by atoms with Crippen LogP contribution in [0.3, 0.4) is 0 Å². The van der Waals surface area contributed by atoms with Crippen LogP contribution in [0.5, 0.6) is 0 Å². The molecule has 0 saturated carbocycles. The Labute approximate surface area is 178 Å². The van der Waals surface area contributed by atoms with Crippen molar-refractivity contribution in [3.63, 3.8) is 0 Å². The van der Waals surface area contributed by atoms with Gasteiger partial charge in [-0.1, -0.05) is 6.07 Å². The van der Waals surface area contributed by atoms with Crippen LogP contribution in [0, 0.1) is 0 Å². The molecule has 33 heavy (non-hydrogen) atoms. The first-order valence-electron chi connectivity index (χ1n) is 8.92. The van der Waals surface area contributed by atoms with Crippen molar-refractivity contribution in [2.75, 3.05) is 0 Å². The smallest absolute Gasteiger partial charge is 0.265 e. The average molecular weight is 476 g/mol. The lowest BCUT2D eigenvalue weighted by Crippen LogP contribution is -2.17. The van der Waals surface area contributed by atoms with E-state index in [1.807, 2.05) is 0 Å². The fourth-order valence-corrected chi connectivity index (χ4v) is 3.23. The Kier molecular flexibility index (Phi) is 5.10. The second-order valence-electron chi connectivity index (χ2n) is 6.81. The van der Waals surface area contributed by atoms with Gasteiger partial charge in [0, 0.05) is 23.5 Å². The van der Waals surface area contributed by atoms with Crippen molar-refractivity contribution in [2.45, 2.75) is 18.5 Å². The van der Waals surface area contributed by atoms with Crippen molar-refractivity contribution in [1.29, 1.82) is 0 Å². The van der Waals surface area contributed by atoms with Crippen LogP contribution in [0.4, 0.5) is 39.5 Å². The fourth-order valence-electron chi connectivity index (χ4n) is 3.23. The number of nitrogens with zero attached hydrogens (tertiary/aromatic N) is 4. The van der Waals surface area contributed by atoms with Crippen molar-refractivity contribution >= 4 is 5.65 Å². The third kappa shape index (κ3) is 4.22. The fraction of sp³-hybridized carbons (Fsp3) is 0.150. The zero-order valence-corrected chi connectivity index (χ0v) is 15.9. The van der Waals surface area contributed by atoms with E-state index in [1.165, 1.54) is 24.5 Å². The van der Waals surface area contributed by atoms with Gasteiger partial charge < -0.3 is 0 Å². The summed E-state index contributed by atoms with van der Waals surface area (Å²) in [6, 6.07) is 4.28. The number of fused-ring (bicyclic) bond motifs is 1. The highest BCUT2D eigenvalue weighted by Gasteiger charge is 2.43. The summed E-state index contributed by atoms with van der Waals surface area (Å²) in [6.07, 6.45) is -11.9. The highest BCUT2D eigenvalue weighted by Crippen LogP contribution is 2.42. The molecule has 4 rings (SSSR count). The summed E-state index contributed by atoms with van der Waals surface area (Å²) < 4.78 is 121. The Bertz CT molecular complexity index is 1320. The van der Waals surface area contributed by atoms with E-state index >= 15 is 0 Å². The van der Waals surface area contributed by atoms with E-state index in [4.69, 9.17) is 0 Å². The SMILES string of the molecule is FC(F)(F)c1ccc(-c2cc(C(F)(F)F)n3ncc(-c4ccncc4)c3n2)cc1C(F)(F)F. The monoisotopic (exact) mass is 476 g/mol. The van der Waals surface area contributed by atoms with Crippen molar-refractivity contribution in [2.24, 2.45) is 0 Å². The van der Waals surface area contributed by atoms with E-state index in [0.717, 1.165) is 6.20 Å². The molecule has 0 N–H and O–H groups in total. The Balaban J connectivity index is 2.00. The minimum absolute atomic E-state index is 0.118. The Morgan fingerprint density at radius 1 is 0.667 bits per heavy atom. The summed E-state index contributed by atoms with van der Waals surface area (Å²) in [4.78, 5) is 7.79. The summed E-state index contributed by atoms with van der Waals surface area (Å²) in [5.41, 5.74) is -6.40. The van der Waals surface area contributed by atoms with Gasteiger partial charge in [0.25, 0.3) is 0 Å². The Morgan fingerprint density at radius 2 is 1.30 bits per heavy atom. The molecule has 0 aliphatic heterocycles. The van der Waals surface area contributed by atoms with Gasteiger partial charge in [0.05, 0.1) is 23.0 Å². The van der Waals surface area contributed by atoms with Crippen LogP contribution in [0.25, 0.3) is 28.0 Å². The molecule has 0 atom stereocenters. The van der Waals surface area contributed by atoms with E-state index in [1.54, 1.807) is 0 Å². The molecular weight excluding hydrogens is 467 g/mol. The van der Waals surface area contributed by atoms with Gasteiger partial charge in [0.2, 0.25) is 0 Å². The van der Waals surface area contributed by atoms with E-state index < -0.39 is 46.6 Å². The van der Waals surface area contributed by atoms with Gasteiger partial charge in [-0.25, -0.2) is 9.50 Å². The molecule has 1 aromatic carbocycles. The van der Waals surface area contributed by atoms with Gasteiger partial charge in [-0.2, -0.15) is 44.6 Å². The summed E-state index contributed by atoms with van der Waals surface area (Å²) in [7, 11) is 0. The minimum Gasteiger partial charge on any atom is -0.265 e. The first-order valence-corrected chi connectivity index (χ1v) is 8.92. The van der Waals surface area contributed by atoms with Gasteiger partial charge in [0.15, 0.2) is 11.3 Å². The van der Waals surface area contributed by atoms with Gasteiger partial charge in [0.1, 0.15) is 0 Å². The van der Waals surface area contributed by atoms with Gasteiger partial charge in [-0.15, -0.1) is 0 Å². The molecule has 4 aromatic rings. The van der Waals surface area contributed by atoms with Gasteiger partial charge in [-0.3, -0.25) is 4.98 Å². The topological polar surface area (TPSA) is 43.1 Å². The summed E-state index contributed by atoms with van der Waals surface area (Å²) in [5, 5.41) is 3.68. The molecule has 0 saturated heterocycles. The Hall–Kier alpha value is -3.64. The van der Waals surface area contributed by atoms with E-state index in [-0.39, 0.29) is 23.3 Å². The van der Waals surface area contributed by atoms with Crippen LogP contribution >= 0.6 is 0 Å². The summed E-state index contributed by atoms with van der Waals surface area (Å²) in [6.45, 7) is 0. The minimum atomic E-state index is -5.41. The normalized spacial score (nSPS) is 13.0. The van der Waals surface area contributed by atoms with E-state index in [0.29, 0.717) is 22.2 Å². The zero-order chi connectivity index (χ0) is 24.2. The molecule has 0 aliphatic rings. The second-order valence-corrected chi connectivity index (χ2v) is 6.81. The van der Waals surface area contributed by atoms with Crippen molar-refractivity contribution in [3.8, 4) is 22.4 Å². The molecule has 3 heterocycles. The molecule has 0 fully saturated rings. The molecule has 0 bridgehead atoms. The predicted octanol–water partition coefficient (Wildman–Crippen LogP) is 6.51. The van der Waals surface area contributed by atoms with Crippen LogP contribution in [-0.2, 0) is 18.5 Å². The number of alkyl halides is 9. The molecule has 0 radical (unpaired) electrons. The lowest BCUT2D eigenvalue weighted by Gasteiger charge is -2.17. The Morgan fingerprint density at radius 3 is 1.88 bits per heavy atom. The van der Waals surface area contributed by atoms with Crippen LogP contribution in [0.15, 0.2) is 55.0 Å². The van der Waals surface area contributed by atoms with Gasteiger partial charge >= 0.3 is 18.5 Å². The first-order chi connectivity index (χ1) is 15.3. The summed E-state index contributed by atoms with van der Waals surface area (Å²) in [5.74, 6) is 0. The van der Waals surface area contributed by atoms with Crippen LogP contribution in [0.2, 0.25) is 0 Å². The molecule has 0 unspecified atom stereocenters. The highest BCUT2D eigenvalue weighted by molar-refractivity contribution is 5.79. The lowest BCUT2D eigenvalue weighted by atomic mass is 10.0. The van der Waals surface area contributed by atoms with Crippen molar-refractivity contribution in [3.05, 3.63) is 71.8 Å². The number of rotatable bonds is 2. The molecule has 172 valence electrons. The maximum Gasteiger partial charge on any atom is 0.433 e. The standard InChI is InChI=1S/C20H9F9N4/c21-18(22,23)13-2-1-11(7-14(13)19(24,25)26)15-8-16(20(27,28)29)33-17(32-15)12(9-31-33)10-3-5-30-6-4-10/h1-9H. The quantitative estimate of drug-likeness (QED) is 0.310. The van der Waals surface area contributed by atoms with Crippen LogP contribution in [-0.4, -0.2) is 19.6 Å². The van der Waals surface area contributed by atoms with E-state index in [2.05, 4.69) is 15.1 Å². The molecule has 4 nitrogen and oxygen atoms in total. The predicted molar refractivity (Wildman–Crippen MR) is 96.7 cm³/mol. The highest BCUT2D eigenvalue weighted by atomic mass is 19.4. The number of pyridine rings is 1. The maximum absolute atomic E-state index is 13.7. The molecule has 0 aliphatic carbocycles. The zero-order valence-electron chi connectivity index (χ0n) is 15.9. The third-order valence-corrected chi connectivity index (χ3v) is 4.68. The van der Waals surface area contributed by atoms with E-state index in [9.17, 15) is 39.5 Å². The molecule has 0 amide bonds. The number of benzene rings is 1. The van der Waals surface area contributed by atoms with Crippen molar-refractivity contribution in [1.82, 2.24) is 19.6 Å². The number of hydrogen-bond donors (Lipinski definition) is 0. The lowest BCUT2D eigenvalue weighted by molar-refractivity contribution is -0.162. The number of halogens is 9. The second kappa shape index (κ2) is 7.46. The number of hydrogen-bond acceptors (Lipinski definition) is 3. The van der Waals surface area contributed by atoms with Gasteiger partial charge in [-0.05, 0) is 35.9 Å². The number of aromatic nitrogens is 4. The molecule has 0 spiro atoms. The maximum atomic E-state index is 13.7. The largest absolute Gasteiger partial charge is 0.433 e. The van der Waals surface area contributed by atoms with Crippen molar-refractivity contribution < 1.29 is 39.5 Å². The molecule has 3 aromatic heterocycles. The third-order valence-electron chi connectivity index (χ3n) is 4.68. The average Bonchev–Trinajstić information content (AvgIpc) is 3.15. The van der Waals surface area contributed by atoms with Crippen LogP contribution < -0.4 is 0 Å². The molecule has 13 heteroatoms. The molecular formula is C20H9F9N4. The first kappa shape index (κ1) is 22.6. The summed E-state index contributed by atoms with van der Waals surface area (Å²) >= 11 is 0.